The third-order valence-corrected chi connectivity index (χ3v) is 5.84. The van der Waals surface area contributed by atoms with E-state index in [-0.39, 0.29) is 11.3 Å². The summed E-state index contributed by atoms with van der Waals surface area (Å²) in [6.45, 7) is 2.62. The van der Waals surface area contributed by atoms with Crippen LogP contribution in [0.3, 0.4) is 0 Å². The van der Waals surface area contributed by atoms with Crippen LogP contribution in [0.2, 0.25) is 0 Å². The molecule has 0 saturated heterocycles. The van der Waals surface area contributed by atoms with Crippen LogP contribution in [0.25, 0.3) is 17.0 Å². The molecule has 0 aliphatic carbocycles. The Labute approximate surface area is 193 Å². The lowest BCUT2D eigenvalue weighted by molar-refractivity contribution is -0.112. The van der Waals surface area contributed by atoms with E-state index in [4.69, 9.17) is 0 Å². The topological polar surface area (TPSA) is 57.8 Å². The first kappa shape index (κ1) is 21.5. The average Bonchev–Trinajstić information content (AvgIpc) is 3.06. The fraction of sp³-hybridized carbons (Fsp3) is 0.0769. The fourth-order valence-electron chi connectivity index (χ4n) is 3.66. The number of benzene rings is 3. The third-order valence-electron chi connectivity index (χ3n) is 5.31. The Morgan fingerprint density at radius 3 is 2.50 bits per heavy atom. The van der Waals surface area contributed by atoms with Crippen molar-refractivity contribution in [3.05, 3.63) is 105 Å². The number of anilines is 1. The number of carbonyl (C=O) groups is 1. The number of halogens is 2. The fourth-order valence-corrected chi connectivity index (χ4v) is 3.93. The zero-order chi connectivity index (χ0) is 22.7. The van der Waals surface area contributed by atoms with E-state index in [1.165, 1.54) is 18.2 Å². The van der Waals surface area contributed by atoms with E-state index in [1.807, 2.05) is 49.4 Å². The van der Waals surface area contributed by atoms with Gasteiger partial charge in [-0.15, -0.1) is 0 Å². The first-order chi connectivity index (χ1) is 15.5. The van der Waals surface area contributed by atoms with Crippen molar-refractivity contribution in [2.45, 2.75) is 13.5 Å². The van der Waals surface area contributed by atoms with Gasteiger partial charge in [0.2, 0.25) is 0 Å². The number of amides is 1. The third kappa shape index (κ3) is 4.34. The van der Waals surface area contributed by atoms with Gasteiger partial charge in [0.15, 0.2) is 0 Å². The molecule has 1 amide bonds. The Balaban J connectivity index is 1.74. The summed E-state index contributed by atoms with van der Waals surface area (Å²) in [6.07, 6.45) is 1.58. The molecule has 0 aliphatic rings. The maximum Gasteiger partial charge on any atom is 0.266 e. The van der Waals surface area contributed by atoms with Crippen LogP contribution in [0.4, 0.5) is 10.1 Å². The van der Waals surface area contributed by atoms with E-state index in [0.717, 1.165) is 32.2 Å². The summed E-state index contributed by atoms with van der Waals surface area (Å²) in [5.74, 6) is -1.21. The van der Waals surface area contributed by atoms with Gasteiger partial charge >= 0.3 is 0 Å². The molecule has 0 aliphatic heterocycles. The van der Waals surface area contributed by atoms with Crippen molar-refractivity contribution in [2.24, 2.45) is 0 Å². The van der Waals surface area contributed by atoms with Gasteiger partial charge in [-0.25, -0.2) is 4.39 Å². The van der Waals surface area contributed by atoms with Crippen molar-refractivity contribution < 1.29 is 9.18 Å². The highest BCUT2D eigenvalue weighted by molar-refractivity contribution is 9.10. The second-order valence-electron chi connectivity index (χ2n) is 7.33. The lowest BCUT2D eigenvalue weighted by Crippen LogP contribution is -2.14. The maximum atomic E-state index is 13.9. The number of aromatic nitrogens is 1. The maximum absolute atomic E-state index is 13.9. The number of rotatable bonds is 5. The van der Waals surface area contributed by atoms with Crippen molar-refractivity contribution in [3.8, 4) is 6.07 Å². The molecule has 0 spiro atoms. The van der Waals surface area contributed by atoms with Crippen molar-refractivity contribution in [1.29, 1.82) is 5.26 Å². The van der Waals surface area contributed by atoms with E-state index in [9.17, 15) is 14.4 Å². The zero-order valence-electron chi connectivity index (χ0n) is 17.3. The first-order valence-corrected chi connectivity index (χ1v) is 10.8. The van der Waals surface area contributed by atoms with Gasteiger partial charge in [0.1, 0.15) is 17.5 Å². The second kappa shape index (κ2) is 9.21. The van der Waals surface area contributed by atoms with E-state index in [2.05, 4.69) is 37.9 Å². The number of fused-ring (bicyclic) bond motifs is 1. The summed E-state index contributed by atoms with van der Waals surface area (Å²) >= 11 is 3.46. The SMILES string of the molecule is Cc1c(/C=C(\C#N)C(=O)Nc2ccccc2F)c2ccccc2n1Cc1ccc(Br)cc1. The molecule has 1 heterocycles. The molecule has 4 aromatic rings. The Kier molecular flexibility index (Phi) is 6.20. The highest BCUT2D eigenvalue weighted by Crippen LogP contribution is 2.29. The number of nitriles is 1. The molecular weight excluding hydrogens is 469 g/mol. The Morgan fingerprint density at radius 2 is 1.78 bits per heavy atom. The molecule has 1 aromatic heterocycles. The van der Waals surface area contributed by atoms with Gasteiger partial charge < -0.3 is 9.88 Å². The molecule has 0 saturated carbocycles. The summed E-state index contributed by atoms with van der Waals surface area (Å²) in [6, 6.07) is 23.8. The largest absolute Gasteiger partial charge is 0.340 e. The molecule has 0 atom stereocenters. The highest BCUT2D eigenvalue weighted by Gasteiger charge is 2.17. The second-order valence-corrected chi connectivity index (χ2v) is 8.25. The van der Waals surface area contributed by atoms with E-state index < -0.39 is 11.7 Å². The molecule has 4 rings (SSSR count). The molecular formula is C26H19BrFN3O. The van der Waals surface area contributed by atoms with Crippen LogP contribution in [0.5, 0.6) is 0 Å². The first-order valence-electron chi connectivity index (χ1n) is 9.98. The molecule has 6 heteroatoms. The quantitative estimate of drug-likeness (QED) is 0.260. The van der Waals surface area contributed by atoms with Crippen LogP contribution in [0, 0.1) is 24.1 Å². The molecule has 0 radical (unpaired) electrons. The lowest BCUT2D eigenvalue weighted by Gasteiger charge is -2.09. The number of para-hydroxylation sites is 2. The molecule has 158 valence electrons. The number of hydrogen-bond donors (Lipinski definition) is 1. The molecule has 0 unspecified atom stereocenters. The van der Waals surface area contributed by atoms with Crippen LogP contribution >= 0.6 is 15.9 Å². The Morgan fingerprint density at radius 1 is 1.09 bits per heavy atom. The van der Waals surface area contributed by atoms with Gasteiger partial charge in [0, 0.05) is 33.2 Å². The van der Waals surface area contributed by atoms with E-state index >= 15 is 0 Å². The molecule has 0 bridgehead atoms. The summed E-state index contributed by atoms with van der Waals surface area (Å²) < 4.78 is 17.1. The van der Waals surface area contributed by atoms with Gasteiger partial charge in [-0.1, -0.05) is 58.4 Å². The van der Waals surface area contributed by atoms with Gasteiger partial charge in [0.25, 0.3) is 5.91 Å². The zero-order valence-corrected chi connectivity index (χ0v) is 18.9. The van der Waals surface area contributed by atoms with E-state index in [1.54, 1.807) is 12.1 Å². The lowest BCUT2D eigenvalue weighted by atomic mass is 10.1. The predicted molar refractivity (Wildman–Crippen MR) is 129 cm³/mol. The smallest absolute Gasteiger partial charge is 0.266 e. The molecule has 3 aromatic carbocycles. The standard InChI is InChI=1S/C26H19BrFN3O/c1-17-22(14-19(15-29)26(32)30-24-8-4-3-7-23(24)28)21-6-2-5-9-25(21)31(17)16-18-10-12-20(27)13-11-18/h2-14H,16H2,1H3,(H,30,32)/b19-14+. The van der Waals surface area contributed by atoms with Gasteiger partial charge in [0.05, 0.1) is 5.69 Å². The minimum absolute atomic E-state index is 0.0352. The van der Waals surface area contributed by atoms with Crippen LogP contribution in [0.15, 0.2) is 82.8 Å². The van der Waals surface area contributed by atoms with Crippen molar-refractivity contribution in [3.63, 3.8) is 0 Å². The summed E-state index contributed by atoms with van der Waals surface area (Å²) in [7, 11) is 0. The Bertz CT molecular complexity index is 1380. The summed E-state index contributed by atoms with van der Waals surface area (Å²) in [5.41, 5.74) is 3.80. The van der Waals surface area contributed by atoms with Gasteiger partial charge in [-0.05, 0) is 48.9 Å². The van der Waals surface area contributed by atoms with Crippen LogP contribution in [0.1, 0.15) is 16.8 Å². The van der Waals surface area contributed by atoms with Crippen LogP contribution < -0.4 is 5.32 Å². The van der Waals surface area contributed by atoms with Gasteiger partial charge in [-0.2, -0.15) is 5.26 Å². The molecule has 32 heavy (non-hydrogen) atoms. The predicted octanol–water partition coefficient (Wildman–Crippen LogP) is 6.45. The minimum atomic E-state index is -0.651. The monoisotopic (exact) mass is 487 g/mol. The number of hydrogen-bond acceptors (Lipinski definition) is 2. The molecule has 0 fully saturated rings. The normalized spacial score (nSPS) is 11.4. The summed E-state index contributed by atoms with van der Waals surface area (Å²) in [4.78, 5) is 12.7. The Hall–Kier alpha value is -3.69. The van der Waals surface area contributed by atoms with Crippen molar-refractivity contribution in [1.82, 2.24) is 4.57 Å². The van der Waals surface area contributed by atoms with Crippen molar-refractivity contribution in [2.75, 3.05) is 5.32 Å². The number of nitrogens with one attached hydrogen (secondary N) is 1. The van der Waals surface area contributed by atoms with Crippen LogP contribution in [-0.4, -0.2) is 10.5 Å². The van der Waals surface area contributed by atoms with Gasteiger partial charge in [-0.3, -0.25) is 4.79 Å². The number of carbonyl (C=O) groups excluding carboxylic acids is 1. The van der Waals surface area contributed by atoms with Crippen LogP contribution in [-0.2, 0) is 11.3 Å². The highest BCUT2D eigenvalue weighted by atomic mass is 79.9. The summed E-state index contributed by atoms with van der Waals surface area (Å²) in [5, 5.41) is 13.1. The van der Waals surface area contributed by atoms with E-state index in [0.29, 0.717) is 6.54 Å². The average molecular weight is 488 g/mol. The van der Waals surface area contributed by atoms with Crippen molar-refractivity contribution >= 4 is 44.5 Å². The molecule has 1 N–H and O–H groups in total. The molecule has 4 nitrogen and oxygen atoms in total. The number of nitrogens with zero attached hydrogens (tertiary/aromatic N) is 2. The minimum Gasteiger partial charge on any atom is -0.340 e.